The summed E-state index contributed by atoms with van der Waals surface area (Å²) < 4.78 is 16.5. The van der Waals surface area contributed by atoms with Crippen LogP contribution in [0.25, 0.3) is 0 Å². The highest BCUT2D eigenvalue weighted by Crippen LogP contribution is 2.33. The zero-order chi connectivity index (χ0) is 29.6. The Labute approximate surface area is 245 Å². The van der Waals surface area contributed by atoms with Gasteiger partial charge in [-0.15, -0.1) is 0 Å². The highest BCUT2D eigenvalue weighted by atomic mass is 32.2. The molecule has 2 aromatic carbocycles. The van der Waals surface area contributed by atoms with Crippen LogP contribution in [-0.2, 0) is 15.3 Å². The van der Waals surface area contributed by atoms with Crippen molar-refractivity contribution in [1.82, 2.24) is 9.80 Å². The number of rotatable bonds is 11. The van der Waals surface area contributed by atoms with Crippen molar-refractivity contribution in [3.8, 4) is 17.2 Å². The number of carboxylic acid groups (broad SMARTS) is 2. The second-order valence-electron chi connectivity index (χ2n) is 9.61. The van der Waals surface area contributed by atoms with E-state index in [1.165, 1.54) is 23.6 Å². The number of hydrogen-bond donors (Lipinski definition) is 2. The van der Waals surface area contributed by atoms with Crippen LogP contribution in [-0.4, -0.2) is 90.7 Å². The van der Waals surface area contributed by atoms with Crippen LogP contribution < -0.4 is 14.2 Å². The molecule has 0 atom stereocenters. The lowest BCUT2D eigenvalue weighted by molar-refractivity contribution is -0.134. The van der Waals surface area contributed by atoms with E-state index in [2.05, 4.69) is 41.1 Å². The number of methoxy groups -OCH3 is 2. The molecular weight excluding hydrogens is 546 g/mol. The first-order valence-electron chi connectivity index (χ1n) is 13.5. The summed E-state index contributed by atoms with van der Waals surface area (Å²) in [6, 6.07) is 14.7. The summed E-state index contributed by atoms with van der Waals surface area (Å²) in [5.41, 5.74) is 2.47. The lowest BCUT2D eigenvalue weighted by Gasteiger charge is -2.38. The monoisotopic (exact) mass is 585 g/mol. The molecule has 4 rings (SSSR count). The molecule has 0 amide bonds. The Bertz CT molecular complexity index is 1170. The summed E-state index contributed by atoms with van der Waals surface area (Å²) in [4.78, 5) is 29.0. The lowest BCUT2D eigenvalue weighted by Crippen LogP contribution is -2.45. The van der Waals surface area contributed by atoms with Gasteiger partial charge in [0.05, 0.1) is 26.5 Å². The number of para-hydroxylation sites is 1. The fourth-order valence-corrected chi connectivity index (χ4v) is 5.57. The van der Waals surface area contributed by atoms with Gasteiger partial charge in [-0.3, -0.25) is 0 Å². The SMILES string of the molecule is COc1cc(OC)cc(OCCCCN2CCC(N(C)C3=Nc4ccccc4CS3)CC2)c1.O=C(O)C=CC(=O)O. The average Bonchev–Trinajstić information content (AvgIpc) is 2.99. The fourth-order valence-electron chi connectivity index (χ4n) is 4.52. The minimum atomic E-state index is -1.26. The molecule has 2 aliphatic rings. The fraction of sp³-hybridized carbons (Fsp3) is 0.433. The molecule has 10 nitrogen and oxygen atoms in total. The van der Waals surface area contributed by atoms with E-state index in [0.29, 0.717) is 24.8 Å². The van der Waals surface area contributed by atoms with Gasteiger partial charge in [0, 0.05) is 62.3 Å². The van der Waals surface area contributed by atoms with Crippen LogP contribution in [0.5, 0.6) is 17.2 Å². The van der Waals surface area contributed by atoms with Crippen molar-refractivity contribution >= 4 is 34.6 Å². The summed E-state index contributed by atoms with van der Waals surface area (Å²) in [6.45, 7) is 4.13. The van der Waals surface area contributed by atoms with Crippen LogP contribution in [0, 0.1) is 0 Å². The smallest absolute Gasteiger partial charge is 0.328 e. The topological polar surface area (TPSA) is 121 Å². The molecular formula is C30H39N3O7S. The van der Waals surface area contributed by atoms with Gasteiger partial charge in [0.15, 0.2) is 5.17 Å². The van der Waals surface area contributed by atoms with Gasteiger partial charge in [0.2, 0.25) is 0 Å². The van der Waals surface area contributed by atoms with Gasteiger partial charge in [0.25, 0.3) is 0 Å². The third kappa shape index (κ3) is 10.7. The molecule has 1 fully saturated rings. The van der Waals surface area contributed by atoms with Crippen molar-refractivity contribution in [1.29, 1.82) is 0 Å². The van der Waals surface area contributed by atoms with E-state index in [9.17, 15) is 9.59 Å². The van der Waals surface area contributed by atoms with E-state index in [-0.39, 0.29) is 0 Å². The maximum absolute atomic E-state index is 9.55. The van der Waals surface area contributed by atoms with E-state index in [1.54, 1.807) is 14.2 Å². The summed E-state index contributed by atoms with van der Waals surface area (Å²) in [5, 5.41) is 16.8. The Morgan fingerprint density at radius 2 is 1.61 bits per heavy atom. The standard InChI is InChI=1S/C26H35N3O3S.C4H4O4/c1-28(26-27-25-9-5-4-8-20(25)19-33-26)21-10-13-29(14-11-21)12-6-7-15-32-24-17-22(30-2)16-23(18-24)31-3;5-3(6)1-2-4(7)8/h4-5,8-9,16-18,21H,6-7,10-15,19H2,1-3H3;1-2H,(H,5,6)(H,7,8). The predicted octanol–water partition coefficient (Wildman–Crippen LogP) is 4.91. The lowest BCUT2D eigenvalue weighted by atomic mass is 10.0. The first-order chi connectivity index (χ1) is 19.8. The Balaban J connectivity index is 0.000000507. The maximum Gasteiger partial charge on any atom is 0.328 e. The van der Waals surface area contributed by atoms with Gasteiger partial charge in [0.1, 0.15) is 17.2 Å². The van der Waals surface area contributed by atoms with E-state index < -0.39 is 11.9 Å². The zero-order valence-corrected chi connectivity index (χ0v) is 24.6. The van der Waals surface area contributed by atoms with Gasteiger partial charge in [-0.1, -0.05) is 30.0 Å². The first-order valence-corrected chi connectivity index (χ1v) is 14.5. The number of aliphatic imine (C=N–C) groups is 1. The Hall–Kier alpha value is -3.70. The molecule has 0 unspecified atom stereocenters. The summed E-state index contributed by atoms with van der Waals surface area (Å²) in [6.07, 6.45) is 5.67. The molecule has 41 heavy (non-hydrogen) atoms. The van der Waals surface area contributed by atoms with Crippen molar-refractivity contribution < 1.29 is 34.0 Å². The molecule has 0 spiro atoms. The Morgan fingerprint density at radius 3 is 2.22 bits per heavy atom. The minimum Gasteiger partial charge on any atom is -0.496 e. The zero-order valence-electron chi connectivity index (χ0n) is 23.8. The van der Waals surface area contributed by atoms with Gasteiger partial charge in [-0.05, 0) is 43.9 Å². The summed E-state index contributed by atoms with van der Waals surface area (Å²) in [7, 11) is 5.52. The number of piperidine rings is 1. The highest BCUT2D eigenvalue weighted by Gasteiger charge is 2.26. The van der Waals surface area contributed by atoms with E-state index in [0.717, 1.165) is 61.2 Å². The van der Waals surface area contributed by atoms with Crippen molar-refractivity contribution in [2.24, 2.45) is 4.99 Å². The van der Waals surface area contributed by atoms with Crippen LogP contribution in [0.15, 0.2) is 59.6 Å². The number of amidine groups is 1. The molecule has 0 radical (unpaired) electrons. The van der Waals surface area contributed by atoms with Crippen molar-refractivity contribution in [3.05, 3.63) is 60.2 Å². The molecule has 11 heteroatoms. The molecule has 0 saturated carbocycles. The summed E-state index contributed by atoms with van der Waals surface area (Å²) >= 11 is 1.86. The predicted molar refractivity (Wildman–Crippen MR) is 161 cm³/mol. The Morgan fingerprint density at radius 1 is 1.00 bits per heavy atom. The molecule has 2 N–H and O–H groups in total. The first kappa shape index (κ1) is 31.8. The molecule has 0 bridgehead atoms. The highest BCUT2D eigenvalue weighted by molar-refractivity contribution is 8.13. The Kier molecular flexibility index (Phi) is 12.8. The number of likely N-dealkylation sites (tertiary alicyclic amines) is 1. The third-order valence-corrected chi connectivity index (χ3v) is 7.89. The number of nitrogens with zero attached hydrogens (tertiary/aromatic N) is 3. The normalized spacial score (nSPS) is 15.2. The van der Waals surface area contributed by atoms with Gasteiger partial charge in [-0.2, -0.15) is 0 Å². The van der Waals surface area contributed by atoms with Crippen LogP contribution >= 0.6 is 11.8 Å². The molecule has 1 saturated heterocycles. The second kappa shape index (κ2) is 16.5. The number of hydrogen-bond acceptors (Lipinski definition) is 9. The third-order valence-electron chi connectivity index (χ3n) is 6.80. The number of carboxylic acids is 2. The number of ether oxygens (including phenoxy) is 3. The second-order valence-corrected chi connectivity index (χ2v) is 10.6. The molecule has 222 valence electrons. The van der Waals surface area contributed by atoms with Crippen molar-refractivity contribution in [3.63, 3.8) is 0 Å². The number of aliphatic carboxylic acids is 2. The van der Waals surface area contributed by atoms with Crippen molar-refractivity contribution in [2.75, 3.05) is 47.5 Å². The van der Waals surface area contributed by atoms with Crippen molar-refractivity contribution in [2.45, 2.75) is 37.5 Å². The number of benzene rings is 2. The van der Waals surface area contributed by atoms with Crippen LogP contribution in [0.3, 0.4) is 0 Å². The largest absolute Gasteiger partial charge is 0.496 e. The molecule has 0 aromatic heterocycles. The van der Waals surface area contributed by atoms with E-state index in [4.69, 9.17) is 29.4 Å². The van der Waals surface area contributed by atoms with Gasteiger partial charge >= 0.3 is 11.9 Å². The number of thioether (sulfide) groups is 1. The number of unbranched alkanes of at least 4 members (excludes halogenated alkanes) is 1. The molecule has 2 aromatic rings. The number of fused-ring (bicyclic) bond motifs is 1. The van der Waals surface area contributed by atoms with Gasteiger partial charge < -0.3 is 34.2 Å². The minimum absolute atomic E-state index is 0.558. The van der Waals surface area contributed by atoms with Gasteiger partial charge in [-0.25, -0.2) is 14.6 Å². The quantitative estimate of drug-likeness (QED) is 0.278. The van der Waals surface area contributed by atoms with Crippen LogP contribution in [0.1, 0.15) is 31.2 Å². The molecule has 2 heterocycles. The van der Waals surface area contributed by atoms with E-state index >= 15 is 0 Å². The number of carbonyl (C=O) groups is 2. The molecule has 2 aliphatic heterocycles. The maximum atomic E-state index is 9.55. The van der Waals surface area contributed by atoms with E-state index in [1.807, 2.05) is 30.0 Å². The van der Waals surface area contributed by atoms with Crippen LogP contribution in [0.2, 0.25) is 0 Å². The van der Waals surface area contributed by atoms with Crippen LogP contribution in [0.4, 0.5) is 5.69 Å². The summed E-state index contributed by atoms with van der Waals surface area (Å²) in [5.74, 6) is 0.793. The average molecular weight is 586 g/mol. The molecule has 0 aliphatic carbocycles.